The number of amides is 3. The van der Waals surface area contributed by atoms with E-state index in [4.69, 9.17) is 5.73 Å². The molecule has 2 unspecified atom stereocenters. The van der Waals surface area contributed by atoms with E-state index < -0.39 is 18.0 Å². The third-order valence-electron chi connectivity index (χ3n) is 3.07. The average Bonchev–Trinajstić information content (AvgIpc) is 2.62. The van der Waals surface area contributed by atoms with Crippen LogP contribution in [0.15, 0.2) is 0 Å². The molecule has 1 rings (SSSR count). The molecule has 0 bridgehead atoms. The number of hydrogen-bond donors (Lipinski definition) is 2. The van der Waals surface area contributed by atoms with E-state index in [0.717, 1.165) is 19.4 Å². The maximum atomic E-state index is 11.6. The zero-order valence-electron chi connectivity index (χ0n) is 10.2. The number of ketones is 1. The summed E-state index contributed by atoms with van der Waals surface area (Å²) < 4.78 is 0. The van der Waals surface area contributed by atoms with Crippen LogP contribution >= 0.6 is 0 Å². The molecule has 6 nitrogen and oxygen atoms in total. The molecule has 1 aliphatic heterocycles. The molecule has 0 aromatic heterocycles. The molecular formula is C11H19N3O3. The molecule has 6 heteroatoms. The number of carbonyl (C=O) groups is 3. The summed E-state index contributed by atoms with van der Waals surface area (Å²) >= 11 is 0. The number of rotatable bonds is 4. The molecular weight excluding hydrogens is 222 g/mol. The first-order valence-corrected chi connectivity index (χ1v) is 5.77. The Morgan fingerprint density at radius 3 is 2.65 bits per heavy atom. The van der Waals surface area contributed by atoms with Gasteiger partial charge in [-0.25, -0.2) is 4.79 Å². The molecule has 96 valence electrons. The predicted molar refractivity (Wildman–Crippen MR) is 62.2 cm³/mol. The van der Waals surface area contributed by atoms with Gasteiger partial charge in [-0.2, -0.15) is 0 Å². The van der Waals surface area contributed by atoms with Crippen molar-refractivity contribution in [3.8, 4) is 0 Å². The van der Waals surface area contributed by atoms with E-state index >= 15 is 0 Å². The molecule has 0 aromatic rings. The number of nitrogens with zero attached hydrogens (tertiary/aromatic N) is 1. The molecule has 1 saturated heterocycles. The minimum Gasteiger partial charge on any atom is -0.351 e. The first-order chi connectivity index (χ1) is 7.91. The molecule has 2 atom stereocenters. The second kappa shape index (κ2) is 5.77. The molecule has 0 spiro atoms. The fourth-order valence-electron chi connectivity index (χ4n) is 2.30. The van der Waals surface area contributed by atoms with Gasteiger partial charge in [0.05, 0.1) is 6.04 Å². The van der Waals surface area contributed by atoms with Crippen molar-refractivity contribution in [1.82, 2.24) is 10.2 Å². The number of Topliss-reactive ketones (excluding diaryl/α,β-unsaturated/α-hetero) is 1. The first-order valence-electron chi connectivity index (χ1n) is 5.77. The van der Waals surface area contributed by atoms with Gasteiger partial charge < -0.3 is 5.73 Å². The predicted octanol–water partition coefficient (Wildman–Crippen LogP) is 0.0133. The normalized spacial score (nSPS) is 22.1. The Morgan fingerprint density at radius 2 is 2.12 bits per heavy atom. The molecule has 1 heterocycles. The van der Waals surface area contributed by atoms with Gasteiger partial charge in [0.25, 0.3) is 0 Å². The van der Waals surface area contributed by atoms with Crippen LogP contribution < -0.4 is 11.1 Å². The number of imide groups is 1. The fraction of sp³-hybridized carbons (Fsp3) is 0.727. The Bertz CT molecular complexity index is 330. The first kappa shape index (κ1) is 13.6. The zero-order chi connectivity index (χ0) is 13.0. The third-order valence-corrected chi connectivity index (χ3v) is 3.07. The number of urea groups is 1. The summed E-state index contributed by atoms with van der Waals surface area (Å²) in [6.45, 7) is 4.03. The van der Waals surface area contributed by atoms with Crippen molar-refractivity contribution in [2.24, 2.45) is 5.73 Å². The summed E-state index contributed by atoms with van der Waals surface area (Å²) in [7, 11) is 0. The van der Waals surface area contributed by atoms with Gasteiger partial charge in [0, 0.05) is 12.5 Å². The van der Waals surface area contributed by atoms with Gasteiger partial charge in [0.15, 0.2) is 0 Å². The number of nitrogens with two attached hydrogens (primary N) is 1. The highest BCUT2D eigenvalue weighted by Gasteiger charge is 2.32. The second-order valence-corrected chi connectivity index (χ2v) is 4.47. The Labute approximate surface area is 101 Å². The number of likely N-dealkylation sites (tertiary alicyclic amines) is 1. The lowest BCUT2D eigenvalue weighted by molar-refractivity contribution is -0.126. The topological polar surface area (TPSA) is 92.5 Å². The van der Waals surface area contributed by atoms with Gasteiger partial charge in [-0.05, 0) is 33.2 Å². The van der Waals surface area contributed by atoms with Gasteiger partial charge in [-0.1, -0.05) is 0 Å². The van der Waals surface area contributed by atoms with Crippen molar-refractivity contribution in [2.75, 3.05) is 6.54 Å². The Balaban J connectivity index is 2.60. The SMILES string of the molecule is CC(=O)CC1CCCN1C(C)C(=O)NC(N)=O. The molecule has 0 aliphatic carbocycles. The lowest BCUT2D eigenvalue weighted by Gasteiger charge is -2.28. The zero-order valence-corrected chi connectivity index (χ0v) is 10.2. The van der Waals surface area contributed by atoms with Crippen LogP contribution in [-0.4, -0.2) is 41.2 Å². The van der Waals surface area contributed by atoms with Crippen molar-refractivity contribution >= 4 is 17.7 Å². The van der Waals surface area contributed by atoms with E-state index in [9.17, 15) is 14.4 Å². The van der Waals surface area contributed by atoms with Crippen LogP contribution in [0, 0.1) is 0 Å². The summed E-state index contributed by atoms with van der Waals surface area (Å²) in [5.74, 6) is -0.294. The van der Waals surface area contributed by atoms with Crippen molar-refractivity contribution in [1.29, 1.82) is 0 Å². The van der Waals surface area contributed by atoms with Crippen LogP contribution in [0.2, 0.25) is 0 Å². The summed E-state index contributed by atoms with van der Waals surface area (Å²) in [5.41, 5.74) is 4.90. The summed E-state index contributed by atoms with van der Waals surface area (Å²) in [4.78, 5) is 35.3. The highest BCUT2D eigenvalue weighted by atomic mass is 16.2. The molecule has 0 saturated carbocycles. The Hall–Kier alpha value is -1.43. The minimum absolute atomic E-state index is 0.0983. The average molecular weight is 241 g/mol. The maximum absolute atomic E-state index is 11.6. The molecule has 3 N–H and O–H groups in total. The lowest BCUT2D eigenvalue weighted by Crippen LogP contribution is -2.50. The van der Waals surface area contributed by atoms with Gasteiger partial charge in [0.2, 0.25) is 5.91 Å². The summed E-state index contributed by atoms with van der Waals surface area (Å²) in [6, 6.07) is -1.18. The number of hydrogen-bond acceptors (Lipinski definition) is 4. The highest BCUT2D eigenvalue weighted by Crippen LogP contribution is 2.22. The lowest BCUT2D eigenvalue weighted by atomic mass is 10.1. The van der Waals surface area contributed by atoms with E-state index in [1.165, 1.54) is 0 Å². The monoisotopic (exact) mass is 241 g/mol. The Morgan fingerprint density at radius 1 is 1.47 bits per heavy atom. The summed E-state index contributed by atoms with van der Waals surface area (Å²) in [6.07, 6.45) is 2.33. The third kappa shape index (κ3) is 3.81. The maximum Gasteiger partial charge on any atom is 0.318 e. The molecule has 1 aliphatic rings. The van der Waals surface area contributed by atoms with E-state index in [1.54, 1.807) is 13.8 Å². The van der Waals surface area contributed by atoms with E-state index in [2.05, 4.69) is 5.32 Å². The summed E-state index contributed by atoms with van der Waals surface area (Å²) in [5, 5.41) is 2.07. The van der Waals surface area contributed by atoms with Crippen LogP contribution in [0.25, 0.3) is 0 Å². The fourth-order valence-corrected chi connectivity index (χ4v) is 2.30. The Kier molecular flexibility index (Phi) is 4.62. The van der Waals surface area contributed by atoms with Crippen molar-refractivity contribution < 1.29 is 14.4 Å². The van der Waals surface area contributed by atoms with Crippen LogP contribution in [0.3, 0.4) is 0 Å². The molecule has 1 fully saturated rings. The van der Waals surface area contributed by atoms with Crippen molar-refractivity contribution in [2.45, 2.75) is 45.2 Å². The molecule has 0 aromatic carbocycles. The second-order valence-electron chi connectivity index (χ2n) is 4.47. The quantitative estimate of drug-likeness (QED) is 0.725. The van der Waals surface area contributed by atoms with E-state index in [-0.39, 0.29) is 11.8 Å². The highest BCUT2D eigenvalue weighted by molar-refractivity contribution is 5.96. The number of carbonyl (C=O) groups excluding carboxylic acids is 3. The molecule has 0 radical (unpaired) electrons. The van der Waals surface area contributed by atoms with Gasteiger partial charge in [-0.15, -0.1) is 0 Å². The van der Waals surface area contributed by atoms with Gasteiger partial charge in [0.1, 0.15) is 5.78 Å². The van der Waals surface area contributed by atoms with Gasteiger partial charge in [-0.3, -0.25) is 19.8 Å². The van der Waals surface area contributed by atoms with Gasteiger partial charge >= 0.3 is 6.03 Å². The largest absolute Gasteiger partial charge is 0.351 e. The van der Waals surface area contributed by atoms with Crippen LogP contribution in [0.1, 0.15) is 33.1 Å². The molecule has 3 amide bonds. The number of primary amides is 1. The number of nitrogens with one attached hydrogen (secondary N) is 1. The van der Waals surface area contributed by atoms with Crippen LogP contribution in [0.5, 0.6) is 0 Å². The smallest absolute Gasteiger partial charge is 0.318 e. The van der Waals surface area contributed by atoms with E-state index in [1.807, 2.05) is 4.90 Å². The van der Waals surface area contributed by atoms with Crippen LogP contribution in [-0.2, 0) is 9.59 Å². The standard InChI is InChI=1S/C11H19N3O3/c1-7(15)6-9-4-3-5-14(9)8(2)10(16)13-11(12)17/h8-9H,3-6H2,1-2H3,(H3,12,13,16,17). The minimum atomic E-state index is -0.843. The van der Waals surface area contributed by atoms with Crippen molar-refractivity contribution in [3.63, 3.8) is 0 Å². The van der Waals surface area contributed by atoms with Crippen molar-refractivity contribution in [3.05, 3.63) is 0 Å². The van der Waals surface area contributed by atoms with Crippen LogP contribution in [0.4, 0.5) is 4.79 Å². The van der Waals surface area contributed by atoms with E-state index in [0.29, 0.717) is 6.42 Å². The molecule has 17 heavy (non-hydrogen) atoms.